The molecule has 2 aliphatic rings. The zero-order chi connectivity index (χ0) is 17.6. The molecule has 0 aliphatic carbocycles. The van der Waals surface area contributed by atoms with Crippen LogP contribution in [0.25, 0.3) is 11.3 Å². The van der Waals surface area contributed by atoms with Gasteiger partial charge >= 0.3 is 0 Å². The van der Waals surface area contributed by atoms with Crippen LogP contribution in [0, 0.1) is 0 Å². The van der Waals surface area contributed by atoms with E-state index in [4.69, 9.17) is 16.6 Å². The molecule has 3 heterocycles. The van der Waals surface area contributed by atoms with Gasteiger partial charge in [0.2, 0.25) is 5.95 Å². The molecule has 0 bridgehead atoms. The largest absolute Gasteiger partial charge is 0.341 e. The van der Waals surface area contributed by atoms with Crippen molar-refractivity contribution < 1.29 is 4.79 Å². The maximum Gasteiger partial charge on any atom is 0.274 e. The minimum absolute atomic E-state index is 0.00283. The molecule has 0 saturated carbocycles. The molecule has 1 saturated heterocycles. The minimum Gasteiger partial charge on any atom is -0.341 e. The number of hydrogen-bond acceptors (Lipinski definition) is 4. The van der Waals surface area contributed by atoms with E-state index < -0.39 is 5.50 Å². The molecule has 0 radical (unpaired) electrons. The van der Waals surface area contributed by atoms with Gasteiger partial charge in [0.1, 0.15) is 11.2 Å². The predicted molar refractivity (Wildman–Crippen MR) is 98.8 cm³/mol. The molecule has 130 valence electrons. The van der Waals surface area contributed by atoms with E-state index in [9.17, 15) is 4.79 Å². The third-order valence-electron chi connectivity index (χ3n) is 4.85. The third-order valence-corrected chi connectivity index (χ3v) is 5.27. The minimum atomic E-state index is -0.537. The Kier molecular flexibility index (Phi) is 4.12. The van der Waals surface area contributed by atoms with Crippen molar-refractivity contribution >= 4 is 23.5 Å². The van der Waals surface area contributed by atoms with Gasteiger partial charge in [-0.05, 0) is 26.7 Å². The van der Waals surface area contributed by atoms with E-state index in [-0.39, 0.29) is 11.9 Å². The van der Waals surface area contributed by atoms with E-state index in [0.717, 1.165) is 42.8 Å². The average Bonchev–Trinajstić information content (AvgIpc) is 3.23. The quantitative estimate of drug-likeness (QED) is 0.619. The number of halogens is 1. The molecule has 1 amide bonds. The molecule has 1 aromatic heterocycles. The maximum absolute atomic E-state index is 12.9. The number of hydrogen-bond donors (Lipinski definition) is 0. The lowest BCUT2D eigenvalue weighted by atomic mass is 10.1. The van der Waals surface area contributed by atoms with E-state index in [2.05, 4.69) is 9.88 Å². The molecule has 1 atom stereocenters. The first-order valence-corrected chi connectivity index (χ1v) is 9.20. The molecule has 4 rings (SSSR count). The van der Waals surface area contributed by atoms with Gasteiger partial charge in [-0.15, -0.1) is 0 Å². The summed E-state index contributed by atoms with van der Waals surface area (Å²) in [7, 11) is 0. The second kappa shape index (κ2) is 6.30. The van der Waals surface area contributed by atoms with Crippen LogP contribution >= 0.6 is 11.6 Å². The average molecular weight is 357 g/mol. The monoisotopic (exact) mass is 356 g/mol. The Hall–Kier alpha value is -2.14. The normalized spacial score (nSPS) is 19.8. The van der Waals surface area contributed by atoms with E-state index in [1.54, 1.807) is 4.90 Å². The molecule has 5 nitrogen and oxygen atoms in total. The lowest BCUT2D eigenvalue weighted by Gasteiger charge is -2.24. The zero-order valence-electron chi connectivity index (χ0n) is 14.4. The highest BCUT2D eigenvalue weighted by Gasteiger charge is 2.42. The summed E-state index contributed by atoms with van der Waals surface area (Å²) in [5.74, 6) is 0.531. The van der Waals surface area contributed by atoms with Gasteiger partial charge in [0.05, 0.1) is 5.69 Å². The first kappa shape index (κ1) is 16.3. The second-order valence-electron chi connectivity index (χ2n) is 6.84. The van der Waals surface area contributed by atoms with Crippen molar-refractivity contribution in [2.75, 3.05) is 18.0 Å². The number of carbonyl (C=O) groups is 1. The Labute approximate surface area is 152 Å². The third kappa shape index (κ3) is 2.67. The highest BCUT2D eigenvalue weighted by Crippen LogP contribution is 2.42. The van der Waals surface area contributed by atoms with Gasteiger partial charge in [-0.25, -0.2) is 9.97 Å². The van der Waals surface area contributed by atoms with Gasteiger partial charge in [0, 0.05) is 30.3 Å². The van der Waals surface area contributed by atoms with Crippen LogP contribution in [-0.4, -0.2) is 39.9 Å². The first-order valence-electron chi connectivity index (χ1n) is 8.77. The van der Waals surface area contributed by atoms with Crippen molar-refractivity contribution in [3.63, 3.8) is 0 Å². The van der Waals surface area contributed by atoms with E-state index in [1.807, 2.05) is 44.2 Å². The van der Waals surface area contributed by atoms with Gasteiger partial charge < -0.3 is 9.80 Å². The van der Waals surface area contributed by atoms with Crippen LogP contribution in [0.15, 0.2) is 30.3 Å². The molecule has 0 spiro atoms. The molecule has 2 aliphatic heterocycles. The van der Waals surface area contributed by atoms with E-state index in [1.165, 1.54) is 0 Å². The van der Waals surface area contributed by atoms with Crippen LogP contribution in [0.4, 0.5) is 5.95 Å². The predicted octanol–water partition coefficient (Wildman–Crippen LogP) is 3.85. The summed E-state index contributed by atoms with van der Waals surface area (Å²) < 4.78 is 0. The van der Waals surface area contributed by atoms with Gasteiger partial charge in [0.15, 0.2) is 0 Å². The van der Waals surface area contributed by atoms with E-state index >= 15 is 0 Å². The number of aromatic nitrogens is 2. The smallest absolute Gasteiger partial charge is 0.274 e. The summed E-state index contributed by atoms with van der Waals surface area (Å²) >= 11 is 6.68. The Balaban J connectivity index is 1.91. The summed E-state index contributed by atoms with van der Waals surface area (Å²) in [6.07, 6.45) is 2.26. The molecule has 1 fully saturated rings. The van der Waals surface area contributed by atoms with Crippen LogP contribution in [0.3, 0.4) is 0 Å². The number of benzene rings is 1. The van der Waals surface area contributed by atoms with Crippen LogP contribution in [0.1, 0.15) is 48.2 Å². The van der Waals surface area contributed by atoms with E-state index in [0.29, 0.717) is 11.6 Å². The molecule has 1 unspecified atom stereocenters. The number of fused-ring (bicyclic) bond motifs is 1. The summed E-state index contributed by atoms with van der Waals surface area (Å²) in [4.78, 5) is 26.2. The lowest BCUT2D eigenvalue weighted by molar-refractivity contribution is 0.0716. The van der Waals surface area contributed by atoms with Crippen molar-refractivity contribution in [2.45, 2.75) is 38.2 Å². The van der Waals surface area contributed by atoms with Crippen molar-refractivity contribution in [3.8, 4) is 11.3 Å². The highest BCUT2D eigenvalue weighted by atomic mass is 35.5. The topological polar surface area (TPSA) is 49.3 Å². The van der Waals surface area contributed by atoms with Gasteiger partial charge in [-0.2, -0.15) is 0 Å². The summed E-state index contributed by atoms with van der Waals surface area (Å²) in [5.41, 5.74) is 2.37. The number of carbonyl (C=O) groups excluding carboxylic acids is 1. The highest BCUT2D eigenvalue weighted by molar-refractivity contribution is 6.25. The Morgan fingerprint density at radius 3 is 2.36 bits per heavy atom. The fourth-order valence-corrected chi connectivity index (χ4v) is 4.10. The Morgan fingerprint density at radius 2 is 1.72 bits per heavy atom. The number of amides is 1. The van der Waals surface area contributed by atoms with Crippen LogP contribution < -0.4 is 4.90 Å². The van der Waals surface area contributed by atoms with Crippen LogP contribution in [0.2, 0.25) is 0 Å². The molecule has 1 aromatic carbocycles. The van der Waals surface area contributed by atoms with Crippen molar-refractivity contribution in [3.05, 3.63) is 41.6 Å². The lowest BCUT2D eigenvalue weighted by Crippen LogP contribution is -2.32. The molecular weight excluding hydrogens is 336 g/mol. The van der Waals surface area contributed by atoms with Gasteiger partial charge in [-0.1, -0.05) is 41.9 Å². The van der Waals surface area contributed by atoms with Crippen LogP contribution in [-0.2, 0) is 0 Å². The summed E-state index contributed by atoms with van der Waals surface area (Å²) in [6, 6.07) is 9.92. The van der Waals surface area contributed by atoms with Gasteiger partial charge in [0.25, 0.3) is 5.91 Å². The molecule has 0 N–H and O–H groups in total. The Morgan fingerprint density at radius 1 is 1.08 bits per heavy atom. The maximum atomic E-state index is 12.9. The summed E-state index contributed by atoms with van der Waals surface area (Å²) in [6.45, 7) is 5.80. The zero-order valence-corrected chi connectivity index (χ0v) is 15.2. The molecule has 2 aromatic rings. The fraction of sp³-hybridized carbons (Fsp3) is 0.421. The standard InChI is InChI=1S/C19H21ClN4O/c1-12(2)24-17(20)14-15(13-8-4-3-5-9-13)21-19(22-16(14)18(24)25)23-10-6-7-11-23/h3-5,8-9,12,17H,6-7,10-11H2,1-2H3. The van der Waals surface area contributed by atoms with Crippen LogP contribution in [0.5, 0.6) is 0 Å². The first-order chi connectivity index (χ1) is 12.1. The number of rotatable bonds is 3. The second-order valence-corrected chi connectivity index (χ2v) is 7.25. The van der Waals surface area contributed by atoms with Gasteiger partial charge in [-0.3, -0.25) is 4.79 Å². The van der Waals surface area contributed by atoms with Crippen molar-refractivity contribution in [1.29, 1.82) is 0 Å². The van der Waals surface area contributed by atoms with Crippen molar-refractivity contribution in [2.24, 2.45) is 0 Å². The van der Waals surface area contributed by atoms with Crippen molar-refractivity contribution in [1.82, 2.24) is 14.9 Å². The number of alkyl halides is 1. The number of nitrogens with zero attached hydrogens (tertiary/aromatic N) is 4. The SMILES string of the molecule is CC(C)N1C(=O)c2nc(N3CCCC3)nc(-c3ccccc3)c2C1Cl. The summed E-state index contributed by atoms with van der Waals surface area (Å²) in [5, 5.41) is 0. The molecule has 25 heavy (non-hydrogen) atoms. The molecular formula is C19H21ClN4O. The fourth-order valence-electron chi connectivity index (χ4n) is 3.58. The number of anilines is 1. The molecule has 6 heteroatoms. The Bertz CT molecular complexity index is 803.